The highest BCUT2D eigenvalue weighted by Gasteiger charge is 2.29. The summed E-state index contributed by atoms with van der Waals surface area (Å²) in [6, 6.07) is 5.65. The van der Waals surface area contributed by atoms with E-state index >= 15 is 0 Å². The van der Waals surface area contributed by atoms with E-state index in [1.807, 2.05) is 5.32 Å². The van der Waals surface area contributed by atoms with Gasteiger partial charge in [0.25, 0.3) is 5.56 Å². The standard InChI is InChI=1S/C19H18F3N3O4/c1-25-16-8-12(29-10-11(24-18(27)28)4-6-19(20,21)22)2-3-14(16)13-5-7-23-9-15(13)17(25)26/h2-3,5,7-9,11,24H,4,6,10H2,1H3,(H,27,28). The van der Waals surface area contributed by atoms with Gasteiger partial charge in [0.1, 0.15) is 12.4 Å². The van der Waals surface area contributed by atoms with Gasteiger partial charge in [-0.05, 0) is 30.0 Å². The summed E-state index contributed by atoms with van der Waals surface area (Å²) in [6.45, 7) is -0.278. The Labute approximate surface area is 162 Å². The molecule has 2 N–H and O–H groups in total. The van der Waals surface area contributed by atoms with Crippen molar-refractivity contribution in [1.29, 1.82) is 0 Å². The molecule has 0 fully saturated rings. The molecule has 1 unspecified atom stereocenters. The lowest BCUT2D eigenvalue weighted by atomic mass is 10.1. The maximum absolute atomic E-state index is 12.5. The van der Waals surface area contributed by atoms with Crippen molar-refractivity contribution < 1.29 is 27.8 Å². The first-order chi connectivity index (χ1) is 13.7. The molecule has 0 aliphatic carbocycles. The van der Waals surface area contributed by atoms with Crippen molar-refractivity contribution in [2.24, 2.45) is 7.05 Å². The molecule has 2 aromatic heterocycles. The van der Waals surface area contributed by atoms with E-state index in [2.05, 4.69) is 4.98 Å². The van der Waals surface area contributed by atoms with Crippen LogP contribution in [0.3, 0.4) is 0 Å². The Hall–Kier alpha value is -3.30. The number of ether oxygens (including phenoxy) is 1. The minimum absolute atomic E-state index is 0.242. The highest BCUT2D eigenvalue weighted by molar-refractivity contribution is 6.05. The zero-order chi connectivity index (χ0) is 21.2. The van der Waals surface area contributed by atoms with E-state index in [1.165, 1.54) is 10.8 Å². The summed E-state index contributed by atoms with van der Waals surface area (Å²) in [4.78, 5) is 27.3. The van der Waals surface area contributed by atoms with Crippen molar-refractivity contribution in [3.05, 3.63) is 47.0 Å². The number of pyridine rings is 2. The summed E-state index contributed by atoms with van der Waals surface area (Å²) >= 11 is 0. The molecule has 0 bridgehead atoms. The lowest BCUT2D eigenvalue weighted by molar-refractivity contribution is -0.136. The van der Waals surface area contributed by atoms with Gasteiger partial charge >= 0.3 is 12.3 Å². The number of benzene rings is 1. The topological polar surface area (TPSA) is 93.5 Å². The molecule has 0 saturated carbocycles. The summed E-state index contributed by atoms with van der Waals surface area (Å²) in [5.41, 5.74) is 0.331. The molecule has 0 spiro atoms. The van der Waals surface area contributed by atoms with Crippen molar-refractivity contribution in [3.8, 4) is 5.75 Å². The molecule has 3 aromatic rings. The molecule has 2 heterocycles. The van der Waals surface area contributed by atoms with E-state index in [9.17, 15) is 22.8 Å². The minimum Gasteiger partial charge on any atom is -0.491 e. The average molecular weight is 409 g/mol. The first-order valence-corrected chi connectivity index (χ1v) is 8.71. The SMILES string of the molecule is Cn1c(=O)c2cnccc2c2ccc(OCC(CCC(F)(F)F)NC(=O)O)cc21. The van der Waals surface area contributed by atoms with E-state index in [0.29, 0.717) is 16.7 Å². The van der Waals surface area contributed by atoms with Crippen molar-refractivity contribution >= 4 is 27.8 Å². The number of carbonyl (C=O) groups is 1. The van der Waals surface area contributed by atoms with E-state index in [0.717, 1.165) is 10.8 Å². The lowest BCUT2D eigenvalue weighted by Crippen LogP contribution is -2.39. The number of aromatic nitrogens is 2. The first-order valence-electron chi connectivity index (χ1n) is 8.71. The maximum Gasteiger partial charge on any atom is 0.404 e. The number of hydrogen-bond donors (Lipinski definition) is 2. The molecule has 29 heavy (non-hydrogen) atoms. The molecule has 0 aliphatic rings. The van der Waals surface area contributed by atoms with Crippen LogP contribution in [-0.2, 0) is 7.05 Å². The molecule has 0 radical (unpaired) electrons. The van der Waals surface area contributed by atoms with E-state index in [1.54, 1.807) is 37.5 Å². The van der Waals surface area contributed by atoms with Crippen LogP contribution >= 0.6 is 0 Å². The molecule has 10 heteroatoms. The largest absolute Gasteiger partial charge is 0.491 e. The van der Waals surface area contributed by atoms with Crippen LogP contribution in [0.4, 0.5) is 18.0 Å². The number of aryl methyl sites for hydroxylation is 1. The number of rotatable bonds is 6. The molecule has 1 aromatic carbocycles. The van der Waals surface area contributed by atoms with Gasteiger partial charge in [0, 0.05) is 37.3 Å². The average Bonchev–Trinajstić information content (AvgIpc) is 2.67. The molecular formula is C19H18F3N3O4. The molecular weight excluding hydrogens is 391 g/mol. The number of nitrogens with one attached hydrogen (secondary N) is 1. The monoisotopic (exact) mass is 409 g/mol. The van der Waals surface area contributed by atoms with Crippen LogP contribution in [0.1, 0.15) is 12.8 Å². The van der Waals surface area contributed by atoms with Gasteiger partial charge in [0.15, 0.2) is 0 Å². The molecule has 0 aliphatic heterocycles. The van der Waals surface area contributed by atoms with E-state index in [-0.39, 0.29) is 12.2 Å². The van der Waals surface area contributed by atoms with Gasteiger partial charge in [0.2, 0.25) is 0 Å². The Balaban J connectivity index is 1.86. The Kier molecular flexibility index (Phi) is 5.62. The Bertz CT molecular complexity index is 1110. The molecule has 7 nitrogen and oxygen atoms in total. The molecule has 1 atom stereocenters. The molecule has 154 valence electrons. The quantitative estimate of drug-likeness (QED) is 0.609. The second kappa shape index (κ2) is 7.98. The molecule has 3 rings (SSSR count). The number of fused-ring (bicyclic) bond motifs is 3. The maximum atomic E-state index is 12.5. The number of hydrogen-bond acceptors (Lipinski definition) is 4. The third-order valence-corrected chi connectivity index (χ3v) is 4.53. The summed E-state index contributed by atoms with van der Waals surface area (Å²) in [5, 5.41) is 12.8. The number of alkyl halides is 3. The van der Waals surface area contributed by atoms with Gasteiger partial charge in [-0.3, -0.25) is 9.78 Å². The second-order valence-corrected chi connectivity index (χ2v) is 6.58. The third kappa shape index (κ3) is 4.76. The van der Waals surface area contributed by atoms with Gasteiger partial charge < -0.3 is 19.7 Å². The van der Waals surface area contributed by atoms with Crippen LogP contribution in [0.2, 0.25) is 0 Å². The fourth-order valence-corrected chi connectivity index (χ4v) is 3.10. The lowest BCUT2D eigenvalue weighted by Gasteiger charge is -2.19. The smallest absolute Gasteiger partial charge is 0.404 e. The van der Waals surface area contributed by atoms with Crippen molar-refractivity contribution in [2.45, 2.75) is 25.1 Å². The van der Waals surface area contributed by atoms with Gasteiger partial charge in [-0.2, -0.15) is 13.2 Å². The Morgan fingerprint density at radius 3 is 2.72 bits per heavy atom. The van der Waals surface area contributed by atoms with Crippen molar-refractivity contribution in [2.75, 3.05) is 6.61 Å². The zero-order valence-corrected chi connectivity index (χ0v) is 15.4. The highest BCUT2D eigenvalue weighted by Crippen LogP contribution is 2.26. The number of nitrogens with zero attached hydrogens (tertiary/aromatic N) is 2. The summed E-state index contributed by atoms with van der Waals surface area (Å²) < 4.78 is 44.3. The fourth-order valence-electron chi connectivity index (χ4n) is 3.10. The van der Waals surface area contributed by atoms with Gasteiger partial charge in [-0.25, -0.2) is 4.79 Å². The van der Waals surface area contributed by atoms with E-state index in [4.69, 9.17) is 9.84 Å². The Morgan fingerprint density at radius 2 is 2.03 bits per heavy atom. The second-order valence-electron chi connectivity index (χ2n) is 6.58. The number of halogens is 3. The number of amides is 1. The summed E-state index contributed by atoms with van der Waals surface area (Å²) in [7, 11) is 1.60. The molecule has 1 amide bonds. The first kappa shape index (κ1) is 20.4. The van der Waals surface area contributed by atoms with Crippen LogP contribution in [0.15, 0.2) is 41.5 Å². The number of carboxylic acid groups (broad SMARTS) is 1. The Morgan fingerprint density at radius 1 is 1.28 bits per heavy atom. The highest BCUT2D eigenvalue weighted by atomic mass is 19.4. The minimum atomic E-state index is -4.39. The zero-order valence-electron chi connectivity index (χ0n) is 15.4. The van der Waals surface area contributed by atoms with Crippen molar-refractivity contribution in [3.63, 3.8) is 0 Å². The van der Waals surface area contributed by atoms with E-state index < -0.39 is 31.2 Å². The van der Waals surface area contributed by atoms with Crippen LogP contribution in [0.5, 0.6) is 5.75 Å². The van der Waals surface area contributed by atoms with Gasteiger partial charge in [-0.15, -0.1) is 0 Å². The summed E-state index contributed by atoms with van der Waals surface area (Å²) in [6.07, 6.45) is -4.33. The van der Waals surface area contributed by atoms with Crippen LogP contribution < -0.4 is 15.6 Å². The predicted octanol–water partition coefficient (Wildman–Crippen LogP) is 3.44. The van der Waals surface area contributed by atoms with Crippen molar-refractivity contribution in [1.82, 2.24) is 14.9 Å². The summed E-state index contributed by atoms with van der Waals surface area (Å²) in [5.74, 6) is 0.310. The predicted molar refractivity (Wildman–Crippen MR) is 100 cm³/mol. The van der Waals surface area contributed by atoms with Gasteiger partial charge in [-0.1, -0.05) is 0 Å². The van der Waals surface area contributed by atoms with Crippen LogP contribution in [0, 0.1) is 0 Å². The normalized spacial score (nSPS) is 12.8. The van der Waals surface area contributed by atoms with Crippen LogP contribution in [-0.4, -0.2) is 39.6 Å². The van der Waals surface area contributed by atoms with Gasteiger partial charge in [0.05, 0.1) is 16.9 Å². The fraction of sp³-hybridized carbons (Fsp3) is 0.316. The third-order valence-electron chi connectivity index (χ3n) is 4.53. The van der Waals surface area contributed by atoms with Crippen LogP contribution in [0.25, 0.3) is 21.7 Å². The molecule has 0 saturated heterocycles.